The van der Waals surface area contributed by atoms with Crippen molar-refractivity contribution in [2.45, 2.75) is 11.8 Å². The zero-order valence-electron chi connectivity index (χ0n) is 14.7. The van der Waals surface area contributed by atoms with Crippen molar-refractivity contribution < 1.29 is 22.7 Å². The monoisotopic (exact) mass is 447 g/mol. The van der Waals surface area contributed by atoms with Gasteiger partial charge in [0.05, 0.1) is 17.1 Å². The highest BCUT2D eigenvalue weighted by Crippen LogP contribution is 2.23. The topological polar surface area (TPSA) is 96.0 Å². The number of amides is 2. The van der Waals surface area contributed by atoms with Crippen molar-refractivity contribution in [2.75, 3.05) is 46.4 Å². The van der Waals surface area contributed by atoms with Gasteiger partial charge in [-0.05, 0) is 34.1 Å². The van der Waals surface area contributed by atoms with Gasteiger partial charge in [0.15, 0.2) is 0 Å². The van der Waals surface area contributed by atoms with Gasteiger partial charge in [0.2, 0.25) is 15.9 Å². The van der Waals surface area contributed by atoms with Crippen LogP contribution in [0.5, 0.6) is 0 Å². The highest BCUT2D eigenvalue weighted by atomic mass is 79.9. The molecule has 8 nitrogen and oxygen atoms in total. The van der Waals surface area contributed by atoms with Crippen molar-refractivity contribution in [1.29, 1.82) is 0 Å². The summed E-state index contributed by atoms with van der Waals surface area (Å²) in [5, 5.41) is 0. The Labute approximate surface area is 161 Å². The van der Waals surface area contributed by atoms with Crippen LogP contribution in [0.2, 0.25) is 0 Å². The lowest BCUT2D eigenvalue weighted by Gasteiger charge is -2.34. The molecular weight excluding hydrogens is 426 g/mol. The maximum absolute atomic E-state index is 12.8. The van der Waals surface area contributed by atoms with Crippen molar-refractivity contribution in [3.63, 3.8) is 0 Å². The fraction of sp³-hybridized carbons (Fsp3) is 0.500. The molecule has 1 N–H and O–H groups in total. The van der Waals surface area contributed by atoms with E-state index in [1.54, 1.807) is 15.9 Å². The van der Waals surface area contributed by atoms with Crippen LogP contribution in [0.25, 0.3) is 0 Å². The normalized spacial score (nSPS) is 15.2. The Morgan fingerprint density at radius 3 is 2.38 bits per heavy atom. The summed E-state index contributed by atoms with van der Waals surface area (Å²) in [7, 11) is -2.25. The molecule has 1 aromatic carbocycles. The Morgan fingerprint density at radius 2 is 1.81 bits per heavy atom. The lowest BCUT2D eigenvalue weighted by atomic mass is 10.2. The molecule has 1 saturated heterocycles. The third-order valence-corrected chi connectivity index (χ3v) is 6.24. The summed E-state index contributed by atoms with van der Waals surface area (Å²) in [4.78, 5) is 27.5. The van der Waals surface area contributed by atoms with E-state index in [1.807, 2.05) is 0 Å². The first-order valence-electron chi connectivity index (χ1n) is 8.09. The number of ether oxygens (including phenoxy) is 1. The van der Waals surface area contributed by atoms with Gasteiger partial charge in [-0.15, -0.1) is 0 Å². The van der Waals surface area contributed by atoms with Gasteiger partial charge in [-0.1, -0.05) is 0 Å². The second kappa shape index (κ2) is 8.94. The molecule has 0 aromatic heterocycles. The van der Waals surface area contributed by atoms with Crippen LogP contribution in [0.15, 0.2) is 27.6 Å². The Kier molecular flexibility index (Phi) is 7.16. The predicted molar refractivity (Wildman–Crippen MR) is 99.4 cm³/mol. The molecule has 1 fully saturated rings. The number of methoxy groups -OCH3 is 1. The van der Waals surface area contributed by atoms with Crippen LogP contribution in [0.1, 0.15) is 17.3 Å². The first-order chi connectivity index (χ1) is 12.3. The first-order valence-corrected chi connectivity index (χ1v) is 10.4. The van der Waals surface area contributed by atoms with Gasteiger partial charge in [0, 0.05) is 51.2 Å². The lowest BCUT2D eigenvalue weighted by molar-refractivity contribution is -0.130. The molecule has 0 radical (unpaired) electrons. The van der Waals surface area contributed by atoms with Gasteiger partial charge >= 0.3 is 0 Å². The Morgan fingerprint density at radius 1 is 1.19 bits per heavy atom. The molecule has 2 amide bonds. The van der Waals surface area contributed by atoms with Crippen LogP contribution >= 0.6 is 15.9 Å². The summed E-state index contributed by atoms with van der Waals surface area (Å²) in [5.41, 5.74) is 0.274. The third kappa shape index (κ3) is 5.03. The van der Waals surface area contributed by atoms with Crippen molar-refractivity contribution in [3.8, 4) is 0 Å². The molecule has 1 aromatic rings. The highest BCUT2D eigenvalue weighted by molar-refractivity contribution is 9.10. The molecule has 1 aliphatic rings. The number of nitrogens with zero attached hydrogens (tertiary/aromatic N) is 2. The number of hydrogen-bond donors (Lipinski definition) is 1. The van der Waals surface area contributed by atoms with Gasteiger partial charge in [0.1, 0.15) is 0 Å². The third-order valence-electron chi connectivity index (χ3n) is 4.09. The van der Waals surface area contributed by atoms with Gasteiger partial charge in [-0.3, -0.25) is 9.59 Å². The maximum atomic E-state index is 12.8. The van der Waals surface area contributed by atoms with E-state index in [1.165, 1.54) is 26.2 Å². The molecule has 0 aliphatic carbocycles. The minimum atomic E-state index is -3.73. The van der Waals surface area contributed by atoms with Crippen molar-refractivity contribution in [1.82, 2.24) is 14.5 Å². The number of carbonyl (C=O) groups is 2. The van der Waals surface area contributed by atoms with Crippen molar-refractivity contribution in [2.24, 2.45) is 0 Å². The number of hydrogen-bond acceptors (Lipinski definition) is 5. The molecule has 26 heavy (non-hydrogen) atoms. The van der Waals surface area contributed by atoms with E-state index in [0.717, 1.165) is 0 Å². The molecule has 0 bridgehead atoms. The van der Waals surface area contributed by atoms with Gasteiger partial charge in [-0.2, -0.15) is 0 Å². The maximum Gasteiger partial charge on any atom is 0.255 e. The van der Waals surface area contributed by atoms with Crippen molar-refractivity contribution in [3.05, 3.63) is 28.2 Å². The number of rotatable bonds is 6. The highest BCUT2D eigenvalue weighted by Gasteiger charge is 2.26. The van der Waals surface area contributed by atoms with Gasteiger partial charge < -0.3 is 14.5 Å². The summed E-state index contributed by atoms with van der Waals surface area (Å²) in [6.45, 7) is 3.65. The molecule has 0 unspecified atom stereocenters. The second-order valence-corrected chi connectivity index (χ2v) is 8.45. The van der Waals surface area contributed by atoms with E-state index >= 15 is 0 Å². The molecular formula is C16H22BrN3O5S. The first kappa shape index (κ1) is 20.8. The molecule has 2 rings (SSSR count). The summed E-state index contributed by atoms with van der Waals surface area (Å²) in [5.74, 6) is -0.289. The number of sulfonamides is 1. The second-order valence-electron chi connectivity index (χ2n) is 5.83. The summed E-state index contributed by atoms with van der Waals surface area (Å²) in [6, 6.07) is 4.34. The number of carbonyl (C=O) groups excluding carboxylic acids is 2. The quantitative estimate of drug-likeness (QED) is 0.646. The molecule has 1 heterocycles. The molecule has 0 saturated carbocycles. The summed E-state index contributed by atoms with van der Waals surface area (Å²) < 4.78 is 32.5. The zero-order valence-corrected chi connectivity index (χ0v) is 17.1. The molecule has 144 valence electrons. The van der Waals surface area contributed by atoms with E-state index in [2.05, 4.69) is 20.7 Å². The van der Waals surface area contributed by atoms with Gasteiger partial charge in [0.25, 0.3) is 5.91 Å². The number of nitrogens with one attached hydrogen (secondary N) is 1. The molecule has 1 aliphatic heterocycles. The Balaban J connectivity index is 2.17. The van der Waals surface area contributed by atoms with E-state index in [0.29, 0.717) is 30.7 Å². The van der Waals surface area contributed by atoms with Crippen LogP contribution in [-0.4, -0.2) is 76.5 Å². The largest absolute Gasteiger partial charge is 0.383 e. The van der Waals surface area contributed by atoms with E-state index in [9.17, 15) is 18.0 Å². The fourth-order valence-corrected chi connectivity index (χ4v) is 4.05. The van der Waals surface area contributed by atoms with E-state index in [4.69, 9.17) is 4.74 Å². The zero-order chi connectivity index (χ0) is 19.3. The minimum Gasteiger partial charge on any atom is -0.383 e. The molecule has 0 atom stereocenters. The van der Waals surface area contributed by atoms with Crippen LogP contribution < -0.4 is 4.72 Å². The average molecular weight is 448 g/mol. The Hall–Kier alpha value is -1.49. The number of halogens is 1. The van der Waals surface area contributed by atoms with Gasteiger partial charge in [-0.25, -0.2) is 13.1 Å². The Bertz CT molecular complexity index is 776. The number of benzene rings is 1. The van der Waals surface area contributed by atoms with E-state index < -0.39 is 10.0 Å². The standard InChI is InChI=1S/C16H22BrN3O5S/c1-12(21)19-6-8-20(9-7-19)16(22)14-11-13(3-4-15(14)17)26(23,24)18-5-10-25-2/h3-4,11,18H,5-10H2,1-2H3. The summed E-state index contributed by atoms with van der Waals surface area (Å²) >= 11 is 3.32. The minimum absolute atomic E-state index is 0.0162. The average Bonchev–Trinajstić information content (AvgIpc) is 2.61. The molecule has 0 spiro atoms. The number of piperazine rings is 1. The predicted octanol–water partition coefficient (Wildman–Crippen LogP) is 0.678. The molecule has 10 heteroatoms. The van der Waals surface area contributed by atoms with Crippen LogP contribution in [0.4, 0.5) is 0 Å². The van der Waals surface area contributed by atoms with Crippen LogP contribution in [-0.2, 0) is 19.6 Å². The van der Waals surface area contributed by atoms with Crippen LogP contribution in [0.3, 0.4) is 0 Å². The SMILES string of the molecule is COCCNS(=O)(=O)c1ccc(Br)c(C(=O)N2CCN(C(C)=O)CC2)c1. The fourth-order valence-electron chi connectivity index (χ4n) is 2.59. The van der Waals surface area contributed by atoms with E-state index in [-0.39, 0.29) is 35.4 Å². The lowest BCUT2D eigenvalue weighted by Crippen LogP contribution is -2.50. The van der Waals surface area contributed by atoms with Crippen molar-refractivity contribution >= 4 is 37.8 Å². The summed E-state index contributed by atoms with van der Waals surface area (Å²) in [6.07, 6.45) is 0. The smallest absolute Gasteiger partial charge is 0.255 e. The van der Waals surface area contributed by atoms with Crippen LogP contribution in [0, 0.1) is 0 Å².